The molecule has 0 saturated heterocycles. The van der Waals surface area contributed by atoms with Gasteiger partial charge >= 0.3 is 0 Å². The number of nitrogens with two attached hydrogens (primary N) is 1. The van der Waals surface area contributed by atoms with Gasteiger partial charge in [0.1, 0.15) is 0 Å². The zero-order chi connectivity index (χ0) is 12.3. The van der Waals surface area contributed by atoms with Crippen LogP contribution >= 0.6 is 0 Å². The molecular formula is C14H12N2O. The summed E-state index contributed by atoms with van der Waals surface area (Å²) in [5.74, 6) is 2.27. The van der Waals surface area contributed by atoms with Crippen LogP contribution in [0.1, 0.15) is 16.8 Å². The highest BCUT2D eigenvalue weighted by atomic mass is 16.1. The van der Waals surface area contributed by atoms with Crippen molar-refractivity contribution in [2.24, 2.45) is 5.73 Å². The number of hydrogen-bond acceptors (Lipinski definition) is 3. The molecule has 3 heteroatoms. The topological polar surface area (TPSA) is 56.0 Å². The summed E-state index contributed by atoms with van der Waals surface area (Å²) in [6, 6.07) is 6.73. The Balaban J connectivity index is 2.49. The van der Waals surface area contributed by atoms with E-state index in [9.17, 15) is 4.79 Å². The average Bonchev–Trinajstić information content (AvgIpc) is 2.37. The van der Waals surface area contributed by atoms with Crippen molar-refractivity contribution in [2.75, 3.05) is 0 Å². The minimum absolute atomic E-state index is 0.137. The molecule has 1 atom stereocenters. The molecule has 17 heavy (non-hydrogen) atoms. The van der Waals surface area contributed by atoms with Crippen molar-refractivity contribution in [2.45, 2.75) is 12.5 Å². The van der Waals surface area contributed by atoms with Gasteiger partial charge in [0, 0.05) is 29.8 Å². The molecule has 2 aromatic rings. The first-order valence-corrected chi connectivity index (χ1v) is 5.30. The Morgan fingerprint density at radius 3 is 3.06 bits per heavy atom. The number of fused-ring (bicyclic) bond motifs is 1. The number of rotatable bonds is 3. The van der Waals surface area contributed by atoms with Crippen molar-refractivity contribution in [3.05, 3.63) is 42.2 Å². The lowest BCUT2D eigenvalue weighted by molar-refractivity contribution is 0.0964. The molecule has 0 spiro atoms. The van der Waals surface area contributed by atoms with Gasteiger partial charge in [-0.25, -0.2) is 0 Å². The SMILES string of the molecule is C#CCC(N)C(=O)c1cccc2ccncc12. The fraction of sp³-hybridized carbons (Fsp3) is 0.143. The lowest BCUT2D eigenvalue weighted by atomic mass is 9.98. The molecule has 0 amide bonds. The van der Waals surface area contributed by atoms with E-state index in [1.807, 2.05) is 18.2 Å². The van der Waals surface area contributed by atoms with E-state index >= 15 is 0 Å². The molecule has 0 saturated carbocycles. The van der Waals surface area contributed by atoms with Gasteiger partial charge in [0.15, 0.2) is 5.78 Å². The standard InChI is InChI=1S/C14H12N2O/c1-2-4-13(15)14(17)11-6-3-5-10-7-8-16-9-12(10)11/h1,3,5-9,13H,4,15H2. The van der Waals surface area contributed by atoms with Crippen molar-refractivity contribution in [1.29, 1.82) is 0 Å². The second-order valence-corrected chi connectivity index (χ2v) is 3.78. The number of carbonyl (C=O) groups is 1. The molecule has 0 aliphatic rings. The first-order chi connectivity index (χ1) is 8.24. The third-order valence-corrected chi connectivity index (χ3v) is 2.62. The van der Waals surface area contributed by atoms with Crippen LogP contribution in [0.25, 0.3) is 10.8 Å². The van der Waals surface area contributed by atoms with Gasteiger partial charge < -0.3 is 5.73 Å². The van der Waals surface area contributed by atoms with Crippen molar-refractivity contribution in [3.63, 3.8) is 0 Å². The van der Waals surface area contributed by atoms with Crippen LogP contribution < -0.4 is 5.73 Å². The molecule has 2 N–H and O–H groups in total. The van der Waals surface area contributed by atoms with Crippen LogP contribution in [0.5, 0.6) is 0 Å². The highest BCUT2D eigenvalue weighted by Crippen LogP contribution is 2.18. The molecule has 0 aliphatic heterocycles. The number of pyridine rings is 1. The van der Waals surface area contributed by atoms with E-state index in [0.29, 0.717) is 5.56 Å². The van der Waals surface area contributed by atoms with Gasteiger partial charge in [0.05, 0.1) is 6.04 Å². The van der Waals surface area contributed by atoms with E-state index in [1.165, 1.54) is 0 Å². The average molecular weight is 224 g/mol. The van der Waals surface area contributed by atoms with E-state index in [-0.39, 0.29) is 12.2 Å². The van der Waals surface area contributed by atoms with Crippen molar-refractivity contribution < 1.29 is 4.79 Å². The molecule has 1 aromatic heterocycles. The Kier molecular flexibility index (Phi) is 3.17. The summed E-state index contributed by atoms with van der Waals surface area (Å²) in [6.45, 7) is 0. The first-order valence-electron chi connectivity index (χ1n) is 5.30. The second kappa shape index (κ2) is 4.77. The lowest BCUT2D eigenvalue weighted by Crippen LogP contribution is -2.30. The zero-order valence-corrected chi connectivity index (χ0v) is 9.26. The van der Waals surface area contributed by atoms with E-state index < -0.39 is 6.04 Å². The summed E-state index contributed by atoms with van der Waals surface area (Å²) in [5.41, 5.74) is 6.32. The third kappa shape index (κ3) is 2.17. The molecule has 3 nitrogen and oxygen atoms in total. The Bertz CT molecular complexity index is 593. The minimum Gasteiger partial charge on any atom is -0.320 e. The maximum Gasteiger partial charge on any atom is 0.181 e. The molecule has 84 valence electrons. The summed E-state index contributed by atoms with van der Waals surface area (Å²) >= 11 is 0. The van der Waals surface area contributed by atoms with Gasteiger partial charge in [-0.05, 0) is 11.5 Å². The fourth-order valence-corrected chi connectivity index (χ4v) is 1.75. The number of Topliss-reactive ketones (excluding diaryl/α,β-unsaturated/α-hetero) is 1. The molecule has 0 aliphatic carbocycles. The molecule has 1 aromatic carbocycles. The maximum atomic E-state index is 12.1. The van der Waals surface area contributed by atoms with E-state index in [2.05, 4.69) is 10.9 Å². The second-order valence-electron chi connectivity index (χ2n) is 3.78. The minimum atomic E-state index is -0.647. The molecule has 1 unspecified atom stereocenters. The van der Waals surface area contributed by atoms with E-state index in [0.717, 1.165) is 10.8 Å². The number of hydrogen-bond donors (Lipinski definition) is 1. The summed E-state index contributed by atoms with van der Waals surface area (Å²) in [4.78, 5) is 16.1. The monoisotopic (exact) mass is 224 g/mol. The van der Waals surface area contributed by atoms with Gasteiger partial charge in [-0.1, -0.05) is 18.2 Å². The number of terminal acetylenes is 1. The summed E-state index contributed by atoms with van der Waals surface area (Å²) in [5, 5.41) is 1.78. The Labute approximate surface area is 99.7 Å². The molecule has 1 heterocycles. The quantitative estimate of drug-likeness (QED) is 0.638. The third-order valence-electron chi connectivity index (χ3n) is 2.62. The van der Waals surface area contributed by atoms with Crippen molar-refractivity contribution in [1.82, 2.24) is 4.98 Å². The Morgan fingerprint density at radius 2 is 2.29 bits per heavy atom. The van der Waals surface area contributed by atoms with Crippen LogP contribution in [0.2, 0.25) is 0 Å². The lowest BCUT2D eigenvalue weighted by Gasteiger charge is -2.09. The number of aromatic nitrogens is 1. The molecule has 0 fully saturated rings. The number of ketones is 1. The number of benzene rings is 1. The van der Waals surface area contributed by atoms with Gasteiger partial charge in [0.25, 0.3) is 0 Å². The Hall–Kier alpha value is -2.18. The molecule has 2 rings (SSSR count). The van der Waals surface area contributed by atoms with Gasteiger partial charge in [-0.15, -0.1) is 12.3 Å². The van der Waals surface area contributed by atoms with Crippen molar-refractivity contribution in [3.8, 4) is 12.3 Å². The van der Waals surface area contributed by atoms with Gasteiger partial charge in [-0.3, -0.25) is 9.78 Å². The molecule has 0 radical (unpaired) electrons. The summed E-state index contributed by atoms with van der Waals surface area (Å²) < 4.78 is 0. The number of carbonyl (C=O) groups excluding carboxylic acids is 1. The van der Waals surface area contributed by atoms with Crippen LogP contribution in [0.3, 0.4) is 0 Å². The largest absolute Gasteiger partial charge is 0.320 e. The fourth-order valence-electron chi connectivity index (χ4n) is 1.75. The van der Waals surface area contributed by atoms with Gasteiger partial charge in [-0.2, -0.15) is 0 Å². The Morgan fingerprint density at radius 1 is 1.47 bits per heavy atom. The van der Waals surface area contributed by atoms with Crippen LogP contribution in [-0.4, -0.2) is 16.8 Å². The summed E-state index contributed by atoms with van der Waals surface area (Å²) in [6.07, 6.45) is 8.77. The van der Waals surface area contributed by atoms with Crippen LogP contribution in [0.15, 0.2) is 36.7 Å². The van der Waals surface area contributed by atoms with Crippen LogP contribution in [0, 0.1) is 12.3 Å². The zero-order valence-electron chi connectivity index (χ0n) is 9.26. The summed E-state index contributed by atoms with van der Waals surface area (Å²) in [7, 11) is 0. The smallest absolute Gasteiger partial charge is 0.181 e. The van der Waals surface area contributed by atoms with Crippen molar-refractivity contribution >= 4 is 16.6 Å². The predicted octanol–water partition coefficient (Wildman–Crippen LogP) is 1.77. The molecular weight excluding hydrogens is 212 g/mol. The molecule has 0 bridgehead atoms. The van der Waals surface area contributed by atoms with Gasteiger partial charge in [0.2, 0.25) is 0 Å². The normalized spacial score (nSPS) is 12.0. The predicted molar refractivity (Wildman–Crippen MR) is 67.5 cm³/mol. The van der Waals surface area contributed by atoms with E-state index in [1.54, 1.807) is 18.5 Å². The maximum absolute atomic E-state index is 12.1. The first kappa shape index (κ1) is 11.3. The number of nitrogens with zero attached hydrogens (tertiary/aromatic N) is 1. The highest BCUT2D eigenvalue weighted by molar-refractivity contribution is 6.10. The highest BCUT2D eigenvalue weighted by Gasteiger charge is 2.16. The van der Waals surface area contributed by atoms with Crippen LogP contribution in [-0.2, 0) is 0 Å². The van der Waals surface area contributed by atoms with E-state index in [4.69, 9.17) is 12.2 Å². The van der Waals surface area contributed by atoms with Crippen LogP contribution in [0.4, 0.5) is 0 Å².